The predicted octanol–water partition coefficient (Wildman–Crippen LogP) is 3.06. The standard InChI is InChI=1S/C14H20O3/c1-15-12-9-14(17-3)13(16-2)8-11(12)7-10-5-4-6-10/h8-10H,4-7H2,1-3H3. The van der Waals surface area contributed by atoms with E-state index in [4.69, 9.17) is 14.2 Å². The average molecular weight is 236 g/mol. The molecule has 0 N–H and O–H groups in total. The first-order valence-corrected chi connectivity index (χ1v) is 6.07. The van der Waals surface area contributed by atoms with Crippen LogP contribution >= 0.6 is 0 Å². The first-order chi connectivity index (χ1) is 8.28. The van der Waals surface area contributed by atoms with Crippen LogP contribution in [0, 0.1) is 5.92 Å². The molecule has 2 rings (SSSR count). The molecule has 1 aromatic rings. The highest BCUT2D eigenvalue weighted by Gasteiger charge is 2.21. The summed E-state index contributed by atoms with van der Waals surface area (Å²) < 4.78 is 16.0. The molecule has 17 heavy (non-hydrogen) atoms. The Kier molecular flexibility index (Phi) is 3.77. The Bertz CT molecular complexity index is 383. The summed E-state index contributed by atoms with van der Waals surface area (Å²) in [7, 11) is 5.01. The highest BCUT2D eigenvalue weighted by Crippen LogP contribution is 2.38. The van der Waals surface area contributed by atoms with E-state index in [0.717, 1.165) is 29.6 Å². The van der Waals surface area contributed by atoms with Crippen molar-refractivity contribution in [3.63, 3.8) is 0 Å². The van der Waals surface area contributed by atoms with Gasteiger partial charge in [0.15, 0.2) is 11.5 Å². The van der Waals surface area contributed by atoms with Crippen LogP contribution in [0.5, 0.6) is 17.2 Å². The summed E-state index contributed by atoms with van der Waals surface area (Å²) in [5.74, 6) is 3.21. The molecule has 3 nitrogen and oxygen atoms in total. The molecule has 0 atom stereocenters. The second-order valence-electron chi connectivity index (χ2n) is 4.52. The number of hydrogen-bond acceptors (Lipinski definition) is 3. The molecule has 0 aromatic heterocycles. The normalized spacial score (nSPS) is 15.2. The third-order valence-corrected chi connectivity index (χ3v) is 3.52. The van der Waals surface area contributed by atoms with Gasteiger partial charge in [-0.2, -0.15) is 0 Å². The molecule has 3 heteroatoms. The van der Waals surface area contributed by atoms with Crippen LogP contribution in [0.2, 0.25) is 0 Å². The molecule has 1 fully saturated rings. The molecule has 0 amide bonds. The zero-order valence-corrected chi connectivity index (χ0v) is 10.8. The van der Waals surface area contributed by atoms with Crippen LogP contribution in [0.3, 0.4) is 0 Å². The fourth-order valence-corrected chi connectivity index (χ4v) is 2.26. The molecule has 0 aliphatic heterocycles. The largest absolute Gasteiger partial charge is 0.496 e. The zero-order valence-electron chi connectivity index (χ0n) is 10.8. The quantitative estimate of drug-likeness (QED) is 0.786. The Morgan fingerprint density at radius 1 is 0.941 bits per heavy atom. The molecule has 1 aliphatic carbocycles. The second kappa shape index (κ2) is 5.30. The minimum absolute atomic E-state index is 0.724. The molecular weight excluding hydrogens is 216 g/mol. The fourth-order valence-electron chi connectivity index (χ4n) is 2.26. The van der Waals surface area contributed by atoms with E-state index in [1.165, 1.54) is 24.8 Å². The maximum absolute atomic E-state index is 5.42. The van der Waals surface area contributed by atoms with Crippen LogP contribution in [-0.4, -0.2) is 21.3 Å². The molecule has 1 aliphatic rings. The molecule has 0 spiro atoms. The number of rotatable bonds is 5. The Balaban J connectivity index is 2.27. The minimum Gasteiger partial charge on any atom is -0.496 e. The van der Waals surface area contributed by atoms with Gasteiger partial charge in [-0.3, -0.25) is 0 Å². The van der Waals surface area contributed by atoms with Gasteiger partial charge in [0, 0.05) is 6.07 Å². The van der Waals surface area contributed by atoms with Crippen LogP contribution in [0.15, 0.2) is 12.1 Å². The van der Waals surface area contributed by atoms with Gasteiger partial charge in [-0.05, 0) is 24.0 Å². The molecular formula is C14H20O3. The summed E-state index contributed by atoms with van der Waals surface area (Å²) in [6, 6.07) is 3.95. The van der Waals surface area contributed by atoms with Crippen molar-refractivity contribution in [3.05, 3.63) is 17.7 Å². The van der Waals surface area contributed by atoms with E-state index in [9.17, 15) is 0 Å². The summed E-state index contributed by atoms with van der Waals surface area (Å²) in [6.45, 7) is 0. The van der Waals surface area contributed by atoms with E-state index < -0.39 is 0 Å². The second-order valence-corrected chi connectivity index (χ2v) is 4.52. The topological polar surface area (TPSA) is 27.7 Å². The first kappa shape index (κ1) is 12.1. The third kappa shape index (κ3) is 2.48. The van der Waals surface area contributed by atoms with Crippen LogP contribution in [0.1, 0.15) is 24.8 Å². The van der Waals surface area contributed by atoms with E-state index >= 15 is 0 Å². The summed E-state index contributed by atoms with van der Waals surface area (Å²) in [5.41, 5.74) is 1.22. The first-order valence-electron chi connectivity index (χ1n) is 6.07. The number of hydrogen-bond donors (Lipinski definition) is 0. The van der Waals surface area contributed by atoms with Crippen LogP contribution in [-0.2, 0) is 6.42 Å². The Morgan fingerprint density at radius 3 is 2.00 bits per heavy atom. The number of benzene rings is 1. The Morgan fingerprint density at radius 2 is 1.53 bits per heavy atom. The van der Waals surface area contributed by atoms with Gasteiger partial charge in [0.25, 0.3) is 0 Å². The lowest BCUT2D eigenvalue weighted by Gasteiger charge is -2.26. The summed E-state index contributed by atoms with van der Waals surface area (Å²) >= 11 is 0. The van der Waals surface area contributed by atoms with Gasteiger partial charge in [0.05, 0.1) is 21.3 Å². The fraction of sp³-hybridized carbons (Fsp3) is 0.571. The van der Waals surface area contributed by atoms with Crippen molar-refractivity contribution >= 4 is 0 Å². The monoisotopic (exact) mass is 236 g/mol. The van der Waals surface area contributed by atoms with Crippen molar-refractivity contribution < 1.29 is 14.2 Å². The van der Waals surface area contributed by atoms with E-state index in [1.54, 1.807) is 21.3 Å². The maximum Gasteiger partial charge on any atom is 0.164 e. The lowest BCUT2D eigenvalue weighted by Crippen LogP contribution is -2.14. The third-order valence-electron chi connectivity index (χ3n) is 3.52. The van der Waals surface area contributed by atoms with E-state index in [2.05, 4.69) is 0 Å². The number of ether oxygens (including phenoxy) is 3. The summed E-state index contributed by atoms with van der Waals surface area (Å²) in [6.07, 6.45) is 5.10. The Hall–Kier alpha value is -1.38. The van der Waals surface area contributed by atoms with Gasteiger partial charge in [0.2, 0.25) is 0 Å². The van der Waals surface area contributed by atoms with Crippen LogP contribution in [0.4, 0.5) is 0 Å². The SMILES string of the molecule is COc1cc(OC)c(OC)cc1CC1CCC1. The van der Waals surface area contributed by atoms with Crippen LogP contribution < -0.4 is 14.2 Å². The lowest BCUT2D eigenvalue weighted by molar-refractivity contribution is 0.306. The van der Waals surface area contributed by atoms with Crippen molar-refractivity contribution in [2.24, 2.45) is 5.92 Å². The predicted molar refractivity (Wildman–Crippen MR) is 67.1 cm³/mol. The van der Waals surface area contributed by atoms with E-state index in [-0.39, 0.29) is 0 Å². The Labute approximate surface area is 103 Å². The van der Waals surface area contributed by atoms with Gasteiger partial charge in [-0.15, -0.1) is 0 Å². The van der Waals surface area contributed by atoms with Gasteiger partial charge >= 0.3 is 0 Å². The summed E-state index contributed by atoms with van der Waals surface area (Å²) in [5, 5.41) is 0. The van der Waals surface area contributed by atoms with Crippen molar-refractivity contribution in [2.45, 2.75) is 25.7 Å². The molecule has 1 saturated carbocycles. The molecule has 0 bridgehead atoms. The molecule has 1 aromatic carbocycles. The van der Waals surface area contributed by atoms with Gasteiger partial charge < -0.3 is 14.2 Å². The smallest absolute Gasteiger partial charge is 0.164 e. The van der Waals surface area contributed by atoms with Gasteiger partial charge in [-0.1, -0.05) is 19.3 Å². The van der Waals surface area contributed by atoms with Crippen molar-refractivity contribution in [1.29, 1.82) is 0 Å². The van der Waals surface area contributed by atoms with Crippen molar-refractivity contribution in [2.75, 3.05) is 21.3 Å². The minimum atomic E-state index is 0.724. The molecule has 0 saturated heterocycles. The van der Waals surface area contributed by atoms with Crippen molar-refractivity contribution in [1.82, 2.24) is 0 Å². The zero-order chi connectivity index (χ0) is 12.3. The lowest BCUT2D eigenvalue weighted by atomic mass is 9.81. The van der Waals surface area contributed by atoms with E-state index in [1.807, 2.05) is 12.1 Å². The average Bonchev–Trinajstić information content (AvgIpc) is 2.32. The van der Waals surface area contributed by atoms with Gasteiger partial charge in [0.1, 0.15) is 5.75 Å². The van der Waals surface area contributed by atoms with Gasteiger partial charge in [-0.25, -0.2) is 0 Å². The number of methoxy groups -OCH3 is 3. The van der Waals surface area contributed by atoms with Crippen molar-refractivity contribution in [3.8, 4) is 17.2 Å². The van der Waals surface area contributed by atoms with Crippen LogP contribution in [0.25, 0.3) is 0 Å². The molecule has 0 unspecified atom stereocenters. The summed E-state index contributed by atoms with van der Waals surface area (Å²) in [4.78, 5) is 0. The molecule has 0 radical (unpaired) electrons. The molecule has 94 valence electrons. The maximum atomic E-state index is 5.42. The van der Waals surface area contributed by atoms with E-state index in [0.29, 0.717) is 0 Å². The molecule has 0 heterocycles. The highest BCUT2D eigenvalue weighted by molar-refractivity contribution is 5.50. The highest BCUT2D eigenvalue weighted by atomic mass is 16.5.